The molecule has 1 N–H and O–H groups in total. The summed E-state index contributed by atoms with van der Waals surface area (Å²) < 4.78 is 0. The first-order chi connectivity index (χ1) is 8.27. The van der Waals surface area contributed by atoms with Crippen LogP contribution in [0, 0.1) is 0 Å². The van der Waals surface area contributed by atoms with Crippen LogP contribution in [-0.2, 0) is 0 Å². The van der Waals surface area contributed by atoms with E-state index in [0.717, 1.165) is 6.42 Å². The SMILES string of the molecule is C[C@H](O)CC(c1ccccc1)c1ccccc1. The highest BCUT2D eigenvalue weighted by molar-refractivity contribution is 5.32. The molecule has 0 radical (unpaired) electrons. The zero-order chi connectivity index (χ0) is 12.1. The highest BCUT2D eigenvalue weighted by Gasteiger charge is 2.15. The number of hydrogen-bond donors (Lipinski definition) is 1. The molecule has 1 heteroatoms. The Hall–Kier alpha value is -1.60. The molecule has 2 aromatic carbocycles. The molecule has 2 rings (SSSR count). The molecule has 0 aliphatic carbocycles. The molecule has 0 heterocycles. The van der Waals surface area contributed by atoms with Crippen LogP contribution < -0.4 is 0 Å². The Morgan fingerprint density at radius 1 is 0.824 bits per heavy atom. The summed E-state index contributed by atoms with van der Waals surface area (Å²) in [5.41, 5.74) is 2.53. The van der Waals surface area contributed by atoms with Crippen molar-refractivity contribution in [2.75, 3.05) is 0 Å². The minimum absolute atomic E-state index is 0.275. The smallest absolute Gasteiger partial charge is 0.0521 e. The minimum Gasteiger partial charge on any atom is -0.393 e. The van der Waals surface area contributed by atoms with Gasteiger partial charge in [0.1, 0.15) is 0 Å². The second-order valence-electron chi connectivity index (χ2n) is 4.46. The van der Waals surface area contributed by atoms with Crippen molar-refractivity contribution in [1.29, 1.82) is 0 Å². The van der Waals surface area contributed by atoms with Crippen LogP contribution in [0.4, 0.5) is 0 Å². The lowest BCUT2D eigenvalue weighted by atomic mass is 9.87. The molecule has 0 aromatic heterocycles. The van der Waals surface area contributed by atoms with Crippen molar-refractivity contribution in [3.05, 3.63) is 71.8 Å². The molecule has 0 bridgehead atoms. The Labute approximate surface area is 103 Å². The summed E-state index contributed by atoms with van der Waals surface area (Å²) in [5, 5.41) is 9.65. The van der Waals surface area contributed by atoms with Crippen molar-refractivity contribution in [1.82, 2.24) is 0 Å². The van der Waals surface area contributed by atoms with Gasteiger partial charge in [0.2, 0.25) is 0 Å². The van der Waals surface area contributed by atoms with Gasteiger partial charge in [-0.25, -0.2) is 0 Å². The van der Waals surface area contributed by atoms with Gasteiger partial charge in [-0.2, -0.15) is 0 Å². The van der Waals surface area contributed by atoms with E-state index in [9.17, 15) is 5.11 Å². The predicted octanol–water partition coefficient (Wildman–Crippen LogP) is 3.59. The van der Waals surface area contributed by atoms with E-state index in [2.05, 4.69) is 24.3 Å². The number of rotatable bonds is 4. The summed E-state index contributed by atoms with van der Waals surface area (Å²) in [5.74, 6) is 0.275. The minimum atomic E-state index is -0.291. The van der Waals surface area contributed by atoms with Gasteiger partial charge in [0.25, 0.3) is 0 Å². The largest absolute Gasteiger partial charge is 0.393 e. The molecule has 0 amide bonds. The fourth-order valence-electron chi connectivity index (χ4n) is 2.18. The van der Waals surface area contributed by atoms with Crippen LogP contribution in [0.5, 0.6) is 0 Å². The van der Waals surface area contributed by atoms with Crippen molar-refractivity contribution in [2.24, 2.45) is 0 Å². The van der Waals surface area contributed by atoms with E-state index in [1.165, 1.54) is 11.1 Å². The Morgan fingerprint density at radius 3 is 1.59 bits per heavy atom. The molecule has 0 aliphatic heterocycles. The third-order valence-electron chi connectivity index (χ3n) is 2.98. The van der Waals surface area contributed by atoms with E-state index >= 15 is 0 Å². The van der Waals surface area contributed by atoms with Gasteiger partial charge in [-0.3, -0.25) is 0 Å². The lowest BCUT2D eigenvalue weighted by molar-refractivity contribution is 0.179. The molecule has 88 valence electrons. The number of benzene rings is 2. The van der Waals surface area contributed by atoms with Gasteiger partial charge < -0.3 is 5.11 Å². The summed E-state index contributed by atoms with van der Waals surface area (Å²) in [4.78, 5) is 0. The van der Waals surface area contributed by atoms with Crippen LogP contribution in [-0.4, -0.2) is 11.2 Å². The molecule has 1 atom stereocenters. The van der Waals surface area contributed by atoms with E-state index in [-0.39, 0.29) is 12.0 Å². The second kappa shape index (κ2) is 5.65. The zero-order valence-electron chi connectivity index (χ0n) is 10.1. The van der Waals surface area contributed by atoms with Gasteiger partial charge in [-0.1, -0.05) is 60.7 Å². The number of aliphatic hydroxyl groups is 1. The molecule has 2 aromatic rings. The van der Waals surface area contributed by atoms with Gasteiger partial charge in [0.05, 0.1) is 6.10 Å². The number of aliphatic hydroxyl groups excluding tert-OH is 1. The van der Waals surface area contributed by atoms with Crippen molar-refractivity contribution < 1.29 is 5.11 Å². The molecule has 0 aliphatic rings. The quantitative estimate of drug-likeness (QED) is 0.844. The summed E-state index contributed by atoms with van der Waals surface area (Å²) in [7, 11) is 0. The van der Waals surface area contributed by atoms with E-state index in [1.54, 1.807) is 0 Å². The standard InChI is InChI=1S/C16H18O/c1-13(17)12-16(14-8-4-2-5-9-14)15-10-6-3-7-11-15/h2-11,13,16-17H,12H2,1H3/t13-/m0/s1. The molecule has 0 unspecified atom stereocenters. The summed E-state index contributed by atoms with van der Waals surface area (Å²) >= 11 is 0. The third kappa shape index (κ3) is 3.18. The van der Waals surface area contributed by atoms with Gasteiger partial charge in [0.15, 0.2) is 0 Å². The van der Waals surface area contributed by atoms with Crippen molar-refractivity contribution >= 4 is 0 Å². The van der Waals surface area contributed by atoms with Gasteiger partial charge >= 0.3 is 0 Å². The maximum absolute atomic E-state index is 9.65. The van der Waals surface area contributed by atoms with Crippen LogP contribution in [0.1, 0.15) is 30.4 Å². The lowest BCUT2D eigenvalue weighted by Gasteiger charge is -2.19. The molecule has 1 nitrogen and oxygen atoms in total. The second-order valence-corrected chi connectivity index (χ2v) is 4.46. The summed E-state index contributed by atoms with van der Waals surface area (Å²) in [6.45, 7) is 1.85. The molecule has 0 fully saturated rings. The van der Waals surface area contributed by atoms with Crippen LogP contribution >= 0.6 is 0 Å². The Bertz CT molecular complexity index is 394. The summed E-state index contributed by atoms with van der Waals surface area (Å²) in [6, 6.07) is 20.7. The molecular formula is C16H18O. The average molecular weight is 226 g/mol. The molecular weight excluding hydrogens is 208 g/mol. The number of hydrogen-bond acceptors (Lipinski definition) is 1. The van der Waals surface area contributed by atoms with E-state index < -0.39 is 0 Å². The van der Waals surface area contributed by atoms with Crippen LogP contribution in [0.2, 0.25) is 0 Å². The van der Waals surface area contributed by atoms with E-state index in [1.807, 2.05) is 43.3 Å². The Kier molecular flexibility index (Phi) is 3.94. The lowest BCUT2D eigenvalue weighted by Crippen LogP contribution is -2.10. The predicted molar refractivity (Wildman–Crippen MR) is 71.0 cm³/mol. The Balaban J connectivity index is 2.32. The van der Waals surface area contributed by atoms with E-state index in [0.29, 0.717) is 0 Å². The maximum Gasteiger partial charge on any atom is 0.0521 e. The molecule has 0 spiro atoms. The fraction of sp³-hybridized carbons (Fsp3) is 0.250. The first-order valence-electron chi connectivity index (χ1n) is 6.05. The van der Waals surface area contributed by atoms with Crippen LogP contribution in [0.15, 0.2) is 60.7 Å². The van der Waals surface area contributed by atoms with Gasteiger partial charge in [-0.15, -0.1) is 0 Å². The van der Waals surface area contributed by atoms with E-state index in [4.69, 9.17) is 0 Å². The molecule has 0 saturated carbocycles. The summed E-state index contributed by atoms with van der Waals surface area (Å²) in [6.07, 6.45) is 0.467. The van der Waals surface area contributed by atoms with Crippen LogP contribution in [0.3, 0.4) is 0 Å². The average Bonchev–Trinajstić information content (AvgIpc) is 2.38. The monoisotopic (exact) mass is 226 g/mol. The molecule has 17 heavy (non-hydrogen) atoms. The fourth-order valence-corrected chi connectivity index (χ4v) is 2.18. The van der Waals surface area contributed by atoms with Gasteiger partial charge in [0, 0.05) is 5.92 Å². The van der Waals surface area contributed by atoms with Crippen LogP contribution in [0.25, 0.3) is 0 Å². The van der Waals surface area contributed by atoms with Crippen molar-refractivity contribution in [3.8, 4) is 0 Å². The normalized spacial score (nSPS) is 12.6. The highest BCUT2D eigenvalue weighted by Crippen LogP contribution is 2.28. The molecule has 0 saturated heterocycles. The first kappa shape index (κ1) is 11.9. The van der Waals surface area contributed by atoms with Crippen molar-refractivity contribution in [2.45, 2.75) is 25.4 Å². The Morgan fingerprint density at radius 2 is 1.24 bits per heavy atom. The first-order valence-corrected chi connectivity index (χ1v) is 6.05. The zero-order valence-corrected chi connectivity index (χ0v) is 10.1. The topological polar surface area (TPSA) is 20.2 Å². The highest BCUT2D eigenvalue weighted by atomic mass is 16.3. The maximum atomic E-state index is 9.65. The van der Waals surface area contributed by atoms with Gasteiger partial charge in [-0.05, 0) is 24.5 Å². The third-order valence-corrected chi connectivity index (χ3v) is 2.98. The van der Waals surface area contributed by atoms with Crippen molar-refractivity contribution in [3.63, 3.8) is 0 Å².